The number of carboxylic acids is 1. The Kier molecular flexibility index (Phi) is 4.82. The standard InChI is InChI=1S/C14H17N5O3/c1-3-9(2)12(14(21)22)17-13(20)10-6-11(8-15-7-10)19-5-4-16-18-19/h4-9,12H,3H2,1-2H3,(H,17,20)(H,21,22)/t9-,12-/m0/s1. The number of aromatic nitrogens is 4. The van der Waals surface area contributed by atoms with Crippen LogP contribution in [0.2, 0.25) is 0 Å². The summed E-state index contributed by atoms with van der Waals surface area (Å²) in [5.41, 5.74) is 0.836. The Hall–Kier alpha value is -2.77. The first-order chi connectivity index (χ1) is 10.5. The van der Waals surface area contributed by atoms with Gasteiger partial charge in [-0.1, -0.05) is 25.5 Å². The molecule has 0 bridgehead atoms. The van der Waals surface area contributed by atoms with Crippen LogP contribution in [0.4, 0.5) is 0 Å². The van der Waals surface area contributed by atoms with Gasteiger partial charge in [-0.3, -0.25) is 9.78 Å². The lowest BCUT2D eigenvalue weighted by Gasteiger charge is -2.20. The highest BCUT2D eigenvalue weighted by Crippen LogP contribution is 2.11. The van der Waals surface area contributed by atoms with Gasteiger partial charge in [-0.05, 0) is 12.0 Å². The summed E-state index contributed by atoms with van der Waals surface area (Å²) in [5, 5.41) is 19.3. The molecule has 0 aliphatic rings. The maximum atomic E-state index is 12.2. The van der Waals surface area contributed by atoms with Gasteiger partial charge in [0.15, 0.2) is 0 Å². The van der Waals surface area contributed by atoms with Crippen LogP contribution in [0, 0.1) is 5.92 Å². The molecule has 1 amide bonds. The third kappa shape index (κ3) is 3.46. The van der Waals surface area contributed by atoms with Crippen molar-refractivity contribution in [1.29, 1.82) is 0 Å². The molecule has 0 spiro atoms. The molecule has 2 aromatic heterocycles. The molecule has 0 unspecified atom stereocenters. The topological polar surface area (TPSA) is 110 Å². The van der Waals surface area contributed by atoms with Gasteiger partial charge in [0.05, 0.1) is 29.8 Å². The quantitative estimate of drug-likeness (QED) is 0.820. The van der Waals surface area contributed by atoms with Gasteiger partial charge in [0.1, 0.15) is 6.04 Å². The Labute approximate surface area is 127 Å². The molecular weight excluding hydrogens is 286 g/mol. The van der Waals surface area contributed by atoms with E-state index in [0.717, 1.165) is 0 Å². The Morgan fingerprint density at radius 2 is 2.18 bits per heavy atom. The molecule has 116 valence electrons. The fraction of sp³-hybridized carbons (Fsp3) is 0.357. The minimum absolute atomic E-state index is 0.173. The van der Waals surface area contributed by atoms with Crippen molar-refractivity contribution in [2.24, 2.45) is 5.92 Å². The van der Waals surface area contributed by atoms with E-state index in [1.807, 2.05) is 6.92 Å². The molecule has 0 aliphatic carbocycles. The fourth-order valence-corrected chi connectivity index (χ4v) is 1.93. The Morgan fingerprint density at radius 3 is 2.77 bits per heavy atom. The number of hydrogen-bond donors (Lipinski definition) is 2. The molecule has 2 N–H and O–H groups in total. The second-order valence-electron chi connectivity index (χ2n) is 4.95. The van der Waals surface area contributed by atoms with Gasteiger partial charge < -0.3 is 10.4 Å². The van der Waals surface area contributed by atoms with Crippen LogP contribution in [0.25, 0.3) is 5.69 Å². The van der Waals surface area contributed by atoms with Crippen molar-refractivity contribution in [3.63, 3.8) is 0 Å². The number of carboxylic acid groups (broad SMARTS) is 1. The summed E-state index contributed by atoms with van der Waals surface area (Å²) in [6.45, 7) is 3.66. The molecule has 2 heterocycles. The number of nitrogens with one attached hydrogen (secondary N) is 1. The molecule has 0 fully saturated rings. The van der Waals surface area contributed by atoms with Gasteiger partial charge in [-0.25, -0.2) is 9.48 Å². The van der Waals surface area contributed by atoms with E-state index in [1.165, 1.54) is 23.3 Å². The van der Waals surface area contributed by atoms with Crippen molar-refractivity contribution in [2.45, 2.75) is 26.3 Å². The van der Waals surface area contributed by atoms with Crippen molar-refractivity contribution in [3.05, 3.63) is 36.4 Å². The minimum atomic E-state index is -1.05. The number of amides is 1. The van der Waals surface area contributed by atoms with Crippen molar-refractivity contribution in [2.75, 3.05) is 0 Å². The molecule has 0 saturated carbocycles. The maximum absolute atomic E-state index is 12.2. The van der Waals surface area contributed by atoms with Crippen molar-refractivity contribution in [3.8, 4) is 5.69 Å². The van der Waals surface area contributed by atoms with Crippen LogP contribution in [-0.4, -0.2) is 43.0 Å². The number of pyridine rings is 1. The number of rotatable bonds is 6. The number of carbonyl (C=O) groups excluding carboxylic acids is 1. The van der Waals surface area contributed by atoms with E-state index >= 15 is 0 Å². The van der Waals surface area contributed by atoms with E-state index in [0.29, 0.717) is 12.1 Å². The van der Waals surface area contributed by atoms with Gasteiger partial charge in [0.25, 0.3) is 5.91 Å². The SMILES string of the molecule is CC[C@H](C)[C@H](NC(=O)c1cncc(-n2ccnn2)c1)C(=O)O. The average Bonchev–Trinajstić information content (AvgIpc) is 3.06. The second kappa shape index (κ2) is 6.79. The smallest absolute Gasteiger partial charge is 0.326 e. The van der Waals surface area contributed by atoms with Gasteiger partial charge in [-0.15, -0.1) is 5.10 Å². The monoisotopic (exact) mass is 303 g/mol. The van der Waals surface area contributed by atoms with Crippen LogP contribution in [0.1, 0.15) is 30.6 Å². The Balaban J connectivity index is 2.19. The van der Waals surface area contributed by atoms with Gasteiger partial charge in [-0.2, -0.15) is 0 Å². The highest BCUT2D eigenvalue weighted by Gasteiger charge is 2.25. The molecular formula is C14H17N5O3. The lowest BCUT2D eigenvalue weighted by atomic mass is 9.99. The summed E-state index contributed by atoms with van der Waals surface area (Å²) >= 11 is 0. The van der Waals surface area contributed by atoms with Crippen LogP contribution in [0.15, 0.2) is 30.9 Å². The molecule has 0 aromatic carbocycles. The van der Waals surface area contributed by atoms with Crippen molar-refractivity contribution < 1.29 is 14.7 Å². The number of nitrogens with zero attached hydrogens (tertiary/aromatic N) is 4. The summed E-state index contributed by atoms with van der Waals surface area (Å²) < 4.78 is 1.47. The summed E-state index contributed by atoms with van der Waals surface area (Å²) in [7, 11) is 0. The highest BCUT2D eigenvalue weighted by molar-refractivity contribution is 5.96. The first kappa shape index (κ1) is 15.6. The first-order valence-corrected chi connectivity index (χ1v) is 6.88. The molecule has 2 aromatic rings. The number of hydrogen-bond acceptors (Lipinski definition) is 5. The van der Waals surface area contributed by atoms with E-state index in [-0.39, 0.29) is 11.5 Å². The molecule has 22 heavy (non-hydrogen) atoms. The second-order valence-corrected chi connectivity index (χ2v) is 4.95. The number of aliphatic carboxylic acids is 1. The summed E-state index contributed by atoms with van der Waals surface area (Å²) in [6.07, 6.45) is 6.70. The van der Waals surface area contributed by atoms with E-state index < -0.39 is 17.9 Å². The van der Waals surface area contributed by atoms with Gasteiger partial charge >= 0.3 is 5.97 Å². The van der Waals surface area contributed by atoms with E-state index in [1.54, 1.807) is 19.2 Å². The third-order valence-electron chi connectivity index (χ3n) is 3.44. The average molecular weight is 303 g/mol. The normalized spacial score (nSPS) is 13.4. The minimum Gasteiger partial charge on any atom is -0.480 e. The maximum Gasteiger partial charge on any atom is 0.326 e. The molecule has 2 atom stereocenters. The van der Waals surface area contributed by atoms with E-state index in [9.17, 15) is 14.7 Å². The van der Waals surface area contributed by atoms with Crippen molar-refractivity contribution in [1.82, 2.24) is 25.3 Å². The molecule has 2 rings (SSSR count). The van der Waals surface area contributed by atoms with Crippen LogP contribution in [0.5, 0.6) is 0 Å². The predicted molar refractivity (Wildman–Crippen MR) is 77.5 cm³/mol. The zero-order valence-corrected chi connectivity index (χ0v) is 12.3. The van der Waals surface area contributed by atoms with Gasteiger partial charge in [0, 0.05) is 6.20 Å². The lowest BCUT2D eigenvalue weighted by molar-refractivity contribution is -0.140. The third-order valence-corrected chi connectivity index (χ3v) is 3.44. The number of carbonyl (C=O) groups is 2. The van der Waals surface area contributed by atoms with Crippen LogP contribution in [-0.2, 0) is 4.79 Å². The molecule has 0 aliphatic heterocycles. The fourth-order valence-electron chi connectivity index (χ4n) is 1.93. The zero-order valence-electron chi connectivity index (χ0n) is 12.3. The Bertz CT molecular complexity index is 656. The van der Waals surface area contributed by atoms with Crippen LogP contribution >= 0.6 is 0 Å². The van der Waals surface area contributed by atoms with Crippen LogP contribution in [0.3, 0.4) is 0 Å². The van der Waals surface area contributed by atoms with Gasteiger partial charge in [0.2, 0.25) is 0 Å². The van der Waals surface area contributed by atoms with Crippen molar-refractivity contribution >= 4 is 11.9 Å². The summed E-state index contributed by atoms with van der Waals surface area (Å²) in [4.78, 5) is 27.5. The summed E-state index contributed by atoms with van der Waals surface area (Å²) in [5.74, 6) is -1.71. The predicted octanol–water partition coefficient (Wildman–Crippen LogP) is 0.891. The Morgan fingerprint density at radius 1 is 1.41 bits per heavy atom. The first-order valence-electron chi connectivity index (χ1n) is 6.88. The zero-order chi connectivity index (χ0) is 16.1. The van der Waals surface area contributed by atoms with Crippen LogP contribution < -0.4 is 5.32 Å². The molecule has 0 radical (unpaired) electrons. The molecule has 0 saturated heterocycles. The highest BCUT2D eigenvalue weighted by atomic mass is 16.4. The molecule has 8 nitrogen and oxygen atoms in total. The lowest BCUT2D eigenvalue weighted by Crippen LogP contribution is -2.45. The van der Waals surface area contributed by atoms with E-state index in [2.05, 4.69) is 20.6 Å². The largest absolute Gasteiger partial charge is 0.480 e. The molecule has 8 heteroatoms. The van der Waals surface area contributed by atoms with E-state index in [4.69, 9.17) is 0 Å². The summed E-state index contributed by atoms with van der Waals surface area (Å²) in [6, 6.07) is 0.638.